The molecule has 164 valence electrons. The number of nitrogens with one attached hydrogen (secondary N) is 3. The van der Waals surface area contributed by atoms with Gasteiger partial charge in [0.1, 0.15) is 0 Å². The number of hydrogen-bond donors (Lipinski definition) is 3. The van der Waals surface area contributed by atoms with Crippen LogP contribution in [0.5, 0.6) is 0 Å². The zero-order valence-electron chi connectivity index (χ0n) is 16.9. The number of likely N-dealkylation sites (tertiary alicyclic amines) is 1. The summed E-state index contributed by atoms with van der Waals surface area (Å²) in [6.07, 6.45) is 5.86. The van der Waals surface area contributed by atoms with Gasteiger partial charge in [-0.3, -0.25) is 14.5 Å². The van der Waals surface area contributed by atoms with Crippen LogP contribution in [0, 0.1) is 5.92 Å². The zero-order chi connectivity index (χ0) is 18.9. The summed E-state index contributed by atoms with van der Waals surface area (Å²) in [5.74, 6) is 0.904. The third-order valence-electron chi connectivity index (χ3n) is 5.62. The predicted molar refractivity (Wildman–Crippen MR) is 122 cm³/mol. The maximum absolute atomic E-state index is 12.2. The highest BCUT2D eigenvalue weighted by Crippen LogP contribution is 2.18. The van der Waals surface area contributed by atoms with Gasteiger partial charge in [-0.2, -0.15) is 0 Å². The molecule has 2 heterocycles. The fourth-order valence-corrected chi connectivity index (χ4v) is 3.97. The van der Waals surface area contributed by atoms with Gasteiger partial charge in [-0.25, -0.2) is 0 Å². The van der Waals surface area contributed by atoms with Crippen molar-refractivity contribution in [2.24, 2.45) is 5.92 Å². The Labute approximate surface area is 186 Å². The van der Waals surface area contributed by atoms with E-state index in [0.717, 1.165) is 51.1 Å². The van der Waals surface area contributed by atoms with Gasteiger partial charge >= 0.3 is 0 Å². The average molecular weight is 445 g/mol. The second kappa shape index (κ2) is 13.8. The Morgan fingerprint density at radius 2 is 1.62 bits per heavy atom. The minimum Gasteiger partial charge on any atom is -0.353 e. The molecule has 8 heteroatoms. The van der Waals surface area contributed by atoms with Crippen molar-refractivity contribution >= 4 is 42.3 Å². The van der Waals surface area contributed by atoms with E-state index in [4.69, 9.17) is 0 Å². The van der Waals surface area contributed by atoms with Gasteiger partial charge in [0.25, 0.3) is 0 Å². The standard InChI is InChI=1S/C21H32N4O2.2ClH/c26-20(7-6-17-8-12-22-13-9-17)23-19-10-14-25(15-11-19)16-21(27)24-18-4-2-1-3-5-18;;/h1-5,17,19,22H,6-16H2,(H,23,26)(H,24,27);2*1H. The van der Waals surface area contributed by atoms with E-state index in [-0.39, 0.29) is 42.7 Å². The first-order valence-electron chi connectivity index (χ1n) is 10.3. The molecule has 2 fully saturated rings. The average Bonchev–Trinajstić information content (AvgIpc) is 2.69. The number of amides is 2. The smallest absolute Gasteiger partial charge is 0.238 e. The lowest BCUT2D eigenvalue weighted by Crippen LogP contribution is -2.46. The van der Waals surface area contributed by atoms with Crippen molar-refractivity contribution in [1.29, 1.82) is 0 Å². The second-order valence-electron chi connectivity index (χ2n) is 7.76. The number of anilines is 1. The van der Waals surface area contributed by atoms with Gasteiger partial charge in [0, 0.05) is 31.2 Å². The molecule has 0 radical (unpaired) electrons. The molecule has 29 heavy (non-hydrogen) atoms. The summed E-state index contributed by atoms with van der Waals surface area (Å²) in [7, 11) is 0. The molecule has 0 aliphatic carbocycles. The van der Waals surface area contributed by atoms with Crippen molar-refractivity contribution in [3.8, 4) is 0 Å². The summed E-state index contributed by atoms with van der Waals surface area (Å²) in [5, 5.41) is 9.48. The van der Waals surface area contributed by atoms with Gasteiger partial charge in [-0.1, -0.05) is 18.2 Å². The first kappa shape index (κ1) is 25.7. The summed E-state index contributed by atoms with van der Waals surface area (Å²) in [6, 6.07) is 9.79. The molecule has 2 saturated heterocycles. The van der Waals surface area contributed by atoms with Crippen LogP contribution in [0.2, 0.25) is 0 Å². The van der Waals surface area contributed by atoms with Crippen LogP contribution >= 0.6 is 24.8 Å². The third-order valence-corrected chi connectivity index (χ3v) is 5.62. The molecule has 1 aromatic carbocycles. The van der Waals surface area contributed by atoms with Gasteiger partial charge < -0.3 is 16.0 Å². The lowest BCUT2D eigenvalue weighted by molar-refractivity contribution is -0.123. The van der Waals surface area contributed by atoms with E-state index in [0.29, 0.717) is 18.9 Å². The van der Waals surface area contributed by atoms with E-state index in [2.05, 4.69) is 20.9 Å². The normalized spacial score (nSPS) is 18.2. The van der Waals surface area contributed by atoms with Gasteiger partial charge in [0.05, 0.1) is 6.54 Å². The van der Waals surface area contributed by atoms with Crippen LogP contribution < -0.4 is 16.0 Å². The Kier molecular flexibility index (Phi) is 12.2. The van der Waals surface area contributed by atoms with E-state index in [1.165, 1.54) is 12.8 Å². The maximum atomic E-state index is 12.2. The molecule has 0 atom stereocenters. The minimum absolute atomic E-state index is 0. The SMILES string of the molecule is Cl.Cl.O=C(CN1CCC(NC(=O)CCC2CCNCC2)CC1)Nc1ccccc1. The first-order valence-corrected chi connectivity index (χ1v) is 10.3. The van der Waals surface area contributed by atoms with Gasteiger partial charge in [-0.15, -0.1) is 24.8 Å². The number of piperidine rings is 2. The molecule has 2 aliphatic heterocycles. The van der Waals surface area contributed by atoms with E-state index in [9.17, 15) is 9.59 Å². The van der Waals surface area contributed by atoms with Gasteiger partial charge in [0.15, 0.2) is 0 Å². The summed E-state index contributed by atoms with van der Waals surface area (Å²) in [6.45, 7) is 4.28. The number of hydrogen-bond acceptors (Lipinski definition) is 4. The summed E-state index contributed by atoms with van der Waals surface area (Å²) in [4.78, 5) is 26.5. The predicted octanol–water partition coefficient (Wildman–Crippen LogP) is 2.83. The second-order valence-corrected chi connectivity index (χ2v) is 7.76. The Bertz CT molecular complexity index is 604. The number of carbonyl (C=O) groups is 2. The lowest BCUT2D eigenvalue weighted by Gasteiger charge is -2.32. The van der Waals surface area contributed by atoms with Crippen LogP contribution in [0.1, 0.15) is 38.5 Å². The monoisotopic (exact) mass is 444 g/mol. The molecule has 3 rings (SSSR count). The third kappa shape index (κ3) is 9.34. The topological polar surface area (TPSA) is 73.5 Å². The van der Waals surface area contributed by atoms with Crippen LogP contribution in [0.3, 0.4) is 0 Å². The highest BCUT2D eigenvalue weighted by Gasteiger charge is 2.22. The molecular formula is C21H34Cl2N4O2. The minimum atomic E-state index is 0. The fourth-order valence-electron chi connectivity index (χ4n) is 3.97. The van der Waals surface area contributed by atoms with Gasteiger partial charge in [-0.05, 0) is 63.2 Å². The Morgan fingerprint density at radius 3 is 2.28 bits per heavy atom. The van der Waals surface area contributed by atoms with E-state index >= 15 is 0 Å². The Morgan fingerprint density at radius 1 is 0.966 bits per heavy atom. The largest absolute Gasteiger partial charge is 0.353 e. The van der Waals surface area contributed by atoms with Crippen LogP contribution in [0.15, 0.2) is 30.3 Å². The fraction of sp³-hybridized carbons (Fsp3) is 0.619. The first-order chi connectivity index (χ1) is 13.2. The van der Waals surface area contributed by atoms with E-state index in [1.54, 1.807) is 0 Å². The molecule has 0 aromatic heterocycles. The van der Waals surface area contributed by atoms with Crippen LogP contribution in [0.4, 0.5) is 5.69 Å². The van der Waals surface area contributed by atoms with Crippen molar-refractivity contribution in [2.45, 2.75) is 44.6 Å². The molecule has 0 unspecified atom stereocenters. The van der Waals surface area contributed by atoms with Crippen molar-refractivity contribution < 1.29 is 9.59 Å². The molecule has 2 amide bonds. The number of para-hydroxylation sites is 1. The van der Waals surface area contributed by atoms with Crippen LogP contribution in [-0.4, -0.2) is 55.5 Å². The highest BCUT2D eigenvalue weighted by molar-refractivity contribution is 5.92. The number of nitrogens with zero attached hydrogens (tertiary/aromatic N) is 1. The zero-order valence-corrected chi connectivity index (χ0v) is 18.5. The molecule has 0 saturated carbocycles. The van der Waals surface area contributed by atoms with Crippen molar-refractivity contribution in [2.75, 3.05) is 38.0 Å². The van der Waals surface area contributed by atoms with Crippen molar-refractivity contribution in [3.05, 3.63) is 30.3 Å². The molecule has 1 aromatic rings. The summed E-state index contributed by atoms with van der Waals surface area (Å²) in [5.41, 5.74) is 0.832. The summed E-state index contributed by atoms with van der Waals surface area (Å²) >= 11 is 0. The van der Waals surface area contributed by atoms with Crippen LogP contribution in [-0.2, 0) is 9.59 Å². The number of rotatable bonds is 7. The maximum Gasteiger partial charge on any atom is 0.238 e. The Hall–Kier alpha value is -1.34. The summed E-state index contributed by atoms with van der Waals surface area (Å²) < 4.78 is 0. The molecular weight excluding hydrogens is 411 g/mol. The molecule has 2 aliphatic rings. The number of halogens is 2. The van der Waals surface area contributed by atoms with Crippen molar-refractivity contribution in [3.63, 3.8) is 0 Å². The highest BCUT2D eigenvalue weighted by atomic mass is 35.5. The van der Waals surface area contributed by atoms with Gasteiger partial charge in [0.2, 0.25) is 11.8 Å². The molecule has 0 spiro atoms. The molecule has 3 N–H and O–H groups in total. The van der Waals surface area contributed by atoms with E-state index < -0.39 is 0 Å². The molecule has 0 bridgehead atoms. The number of benzene rings is 1. The lowest BCUT2D eigenvalue weighted by atomic mass is 9.93. The van der Waals surface area contributed by atoms with E-state index in [1.807, 2.05) is 30.3 Å². The van der Waals surface area contributed by atoms with Crippen molar-refractivity contribution in [1.82, 2.24) is 15.5 Å². The van der Waals surface area contributed by atoms with Crippen LogP contribution in [0.25, 0.3) is 0 Å². The number of carbonyl (C=O) groups excluding carboxylic acids is 2. The quantitative estimate of drug-likeness (QED) is 0.604. The Balaban J connectivity index is 0.00000210. The molecule has 6 nitrogen and oxygen atoms in total.